The Balaban J connectivity index is 3.51. The molecule has 0 saturated carbocycles. The van der Waals surface area contributed by atoms with Gasteiger partial charge in [0.25, 0.3) is 0 Å². The summed E-state index contributed by atoms with van der Waals surface area (Å²) in [5.41, 5.74) is -1.30. The van der Waals surface area contributed by atoms with Crippen LogP contribution >= 0.6 is 23.5 Å². The molecule has 0 unspecified atom stereocenters. The molecule has 174 valence electrons. The summed E-state index contributed by atoms with van der Waals surface area (Å²) in [6, 6.07) is 3.53. The molecule has 0 aromatic heterocycles. The first kappa shape index (κ1) is 27.3. The summed E-state index contributed by atoms with van der Waals surface area (Å²) in [5.74, 6) is -2.86. The van der Waals surface area contributed by atoms with E-state index in [1.807, 2.05) is 0 Å². The molecule has 1 aliphatic rings. The molecule has 0 radical (unpaired) electrons. The summed E-state index contributed by atoms with van der Waals surface area (Å²) in [4.78, 5) is 46.6. The summed E-state index contributed by atoms with van der Waals surface area (Å²) >= 11 is 1.98. The maximum Gasteiger partial charge on any atom is 0.303 e. The van der Waals surface area contributed by atoms with Crippen molar-refractivity contribution in [3.05, 3.63) is 9.81 Å². The average Bonchev–Trinajstić information content (AvgIpc) is 2.69. The van der Waals surface area contributed by atoms with E-state index < -0.39 is 53.7 Å². The molecular formula is C19H22N2O9S2. The zero-order chi connectivity index (χ0) is 24.4. The van der Waals surface area contributed by atoms with Crippen molar-refractivity contribution in [3.63, 3.8) is 0 Å². The lowest BCUT2D eigenvalue weighted by Crippen LogP contribution is -2.61. The highest BCUT2D eigenvalue weighted by molar-refractivity contribution is 8.22. The van der Waals surface area contributed by atoms with Gasteiger partial charge in [-0.15, -0.1) is 11.8 Å². The number of thioether (sulfide) groups is 2. The zero-order valence-electron chi connectivity index (χ0n) is 18.0. The minimum absolute atomic E-state index is 0.199. The number of ether oxygens (including phenoxy) is 5. The smallest absolute Gasteiger partial charge is 0.303 e. The van der Waals surface area contributed by atoms with Crippen molar-refractivity contribution in [2.45, 2.75) is 57.5 Å². The van der Waals surface area contributed by atoms with Crippen LogP contribution in [0.2, 0.25) is 0 Å². The summed E-state index contributed by atoms with van der Waals surface area (Å²) < 4.78 is 27.1. The molecule has 0 spiro atoms. The Hall–Kier alpha value is -2.74. The summed E-state index contributed by atoms with van der Waals surface area (Å²) in [6.45, 7) is 4.17. The van der Waals surface area contributed by atoms with Crippen molar-refractivity contribution < 1.29 is 42.9 Å². The molecule has 0 aromatic carbocycles. The first-order valence-electron chi connectivity index (χ1n) is 9.09. The summed E-state index contributed by atoms with van der Waals surface area (Å²) in [6.07, 6.45) is -3.34. The normalized spacial score (nSPS) is 24.2. The predicted octanol–water partition coefficient (Wildman–Crippen LogP) is 1.42. The molecule has 32 heavy (non-hydrogen) atoms. The standard InChI is InChI=1S/C19H22N2O9S2/c1-9(22)26-8-14-15(27-10(2)23)16(28-11(3)24)17(29-12(4)25)18(30-14)32-19(31-5)13(6-20)7-21/h14-18H,8H2,1-5H3/t14-,15-,16+,17-,18+/m1/s1. The third-order valence-electron chi connectivity index (χ3n) is 3.78. The molecule has 0 aromatic rings. The highest BCUT2D eigenvalue weighted by atomic mass is 32.2. The molecule has 1 fully saturated rings. The van der Waals surface area contributed by atoms with E-state index in [0.717, 1.165) is 44.3 Å². The molecule has 1 rings (SSSR count). The Bertz CT molecular complexity index is 846. The van der Waals surface area contributed by atoms with Gasteiger partial charge in [0, 0.05) is 27.7 Å². The molecular weight excluding hydrogens is 464 g/mol. The van der Waals surface area contributed by atoms with Crippen LogP contribution in [0.5, 0.6) is 0 Å². The van der Waals surface area contributed by atoms with Gasteiger partial charge in [-0.1, -0.05) is 11.8 Å². The van der Waals surface area contributed by atoms with E-state index in [4.69, 9.17) is 23.7 Å². The first-order valence-corrected chi connectivity index (χ1v) is 11.2. The molecule has 11 nitrogen and oxygen atoms in total. The van der Waals surface area contributed by atoms with Crippen molar-refractivity contribution in [2.24, 2.45) is 0 Å². The van der Waals surface area contributed by atoms with Crippen LogP contribution in [0.1, 0.15) is 27.7 Å². The van der Waals surface area contributed by atoms with E-state index in [9.17, 15) is 29.7 Å². The minimum atomic E-state index is -1.32. The Morgan fingerprint density at radius 2 is 1.34 bits per heavy atom. The van der Waals surface area contributed by atoms with Gasteiger partial charge in [0.05, 0.1) is 4.24 Å². The predicted molar refractivity (Wildman–Crippen MR) is 111 cm³/mol. The Labute approximate surface area is 193 Å². The van der Waals surface area contributed by atoms with Crippen LogP contribution in [0.3, 0.4) is 0 Å². The Morgan fingerprint density at radius 3 is 1.78 bits per heavy atom. The van der Waals surface area contributed by atoms with E-state index in [1.165, 1.54) is 6.92 Å². The van der Waals surface area contributed by atoms with Crippen LogP contribution in [-0.4, -0.2) is 66.6 Å². The van der Waals surface area contributed by atoms with Crippen LogP contribution in [-0.2, 0) is 42.9 Å². The van der Waals surface area contributed by atoms with Crippen LogP contribution in [0, 0.1) is 22.7 Å². The largest absolute Gasteiger partial charge is 0.463 e. The number of allylic oxidation sites excluding steroid dienone is 1. The SMILES string of the molecule is CSC(S[C@@H]1O[C@H](COC(C)=O)[C@@H](OC(C)=O)[C@H](OC(C)=O)[C@H]1OC(C)=O)=C(C#N)C#N. The quantitative estimate of drug-likeness (QED) is 0.275. The number of rotatable bonds is 8. The highest BCUT2D eigenvalue weighted by Crippen LogP contribution is 2.41. The van der Waals surface area contributed by atoms with Gasteiger partial charge < -0.3 is 23.7 Å². The van der Waals surface area contributed by atoms with Gasteiger partial charge >= 0.3 is 23.9 Å². The zero-order valence-corrected chi connectivity index (χ0v) is 19.6. The number of hydrogen-bond donors (Lipinski definition) is 0. The molecule has 13 heteroatoms. The second-order valence-corrected chi connectivity index (χ2v) is 8.46. The molecule has 1 aliphatic heterocycles. The van der Waals surface area contributed by atoms with Gasteiger partial charge in [-0.25, -0.2) is 0 Å². The first-order chi connectivity index (χ1) is 15.0. The van der Waals surface area contributed by atoms with Crippen LogP contribution in [0.4, 0.5) is 0 Å². The van der Waals surface area contributed by atoms with Gasteiger partial charge in [-0.05, 0) is 6.26 Å². The summed E-state index contributed by atoms with van der Waals surface area (Å²) in [7, 11) is 0. The third kappa shape index (κ3) is 8.07. The van der Waals surface area contributed by atoms with Crippen molar-refractivity contribution in [1.82, 2.24) is 0 Å². The van der Waals surface area contributed by atoms with E-state index >= 15 is 0 Å². The van der Waals surface area contributed by atoms with Gasteiger partial charge in [0.1, 0.15) is 35.9 Å². The summed E-state index contributed by atoms with van der Waals surface area (Å²) in [5, 5.41) is 18.4. The highest BCUT2D eigenvalue weighted by Gasteiger charge is 2.52. The third-order valence-corrected chi connectivity index (χ3v) is 6.18. The van der Waals surface area contributed by atoms with Crippen LogP contribution in [0.25, 0.3) is 0 Å². The van der Waals surface area contributed by atoms with Gasteiger partial charge in [-0.3, -0.25) is 19.2 Å². The van der Waals surface area contributed by atoms with E-state index in [-0.39, 0.29) is 16.4 Å². The van der Waals surface area contributed by atoms with Gasteiger partial charge in [0.2, 0.25) is 0 Å². The lowest BCUT2D eigenvalue weighted by molar-refractivity contribution is -0.237. The van der Waals surface area contributed by atoms with E-state index in [1.54, 1.807) is 18.4 Å². The fraction of sp³-hybridized carbons (Fsp3) is 0.579. The fourth-order valence-electron chi connectivity index (χ4n) is 2.71. The molecule has 0 aliphatic carbocycles. The van der Waals surface area contributed by atoms with Crippen molar-refractivity contribution in [1.29, 1.82) is 10.5 Å². The maximum absolute atomic E-state index is 11.8. The number of carbonyl (C=O) groups excluding carboxylic acids is 4. The topological polar surface area (TPSA) is 162 Å². The number of hydrogen-bond acceptors (Lipinski definition) is 13. The Kier molecular flexibility index (Phi) is 11.1. The average molecular weight is 487 g/mol. The van der Waals surface area contributed by atoms with Crippen molar-refractivity contribution >= 4 is 47.4 Å². The van der Waals surface area contributed by atoms with E-state index in [2.05, 4.69) is 0 Å². The maximum atomic E-state index is 11.8. The van der Waals surface area contributed by atoms with Crippen molar-refractivity contribution in [2.75, 3.05) is 12.9 Å². The number of carbonyl (C=O) groups is 4. The number of nitriles is 2. The molecule has 1 saturated heterocycles. The van der Waals surface area contributed by atoms with Crippen LogP contribution < -0.4 is 0 Å². The monoisotopic (exact) mass is 486 g/mol. The molecule has 1 heterocycles. The van der Waals surface area contributed by atoms with Crippen LogP contribution in [0.15, 0.2) is 9.81 Å². The Morgan fingerprint density at radius 1 is 0.844 bits per heavy atom. The fourth-order valence-corrected chi connectivity index (χ4v) is 4.64. The molecule has 0 N–H and O–H groups in total. The van der Waals surface area contributed by atoms with Gasteiger partial charge in [-0.2, -0.15) is 10.5 Å². The lowest BCUT2D eigenvalue weighted by atomic mass is 9.99. The van der Waals surface area contributed by atoms with E-state index in [0.29, 0.717) is 0 Å². The van der Waals surface area contributed by atoms with Gasteiger partial charge in [0.15, 0.2) is 18.3 Å². The van der Waals surface area contributed by atoms with Crippen molar-refractivity contribution in [3.8, 4) is 12.1 Å². The molecule has 0 amide bonds. The second-order valence-electron chi connectivity index (χ2n) is 6.28. The minimum Gasteiger partial charge on any atom is -0.463 e. The number of nitrogens with zero attached hydrogens (tertiary/aromatic N) is 2. The molecule has 0 bridgehead atoms. The molecule has 5 atom stereocenters. The number of esters is 4. The second kappa shape index (κ2) is 13.0. The lowest BCUT2D eigenvalue weighted by Gasteiger charge is -2.44.